The highest BCUT2D eigenvalue weighted by Crippen LogP contribution is 2.28. The van der Waals surface area contributed by atoms with E-state index in [4.69, 9.17) is 14.6 Å². The maximum atomic E-state index is 8.75. The average Bonchev–Trinajstić information content (AvgIpc) is 2.47. The fourth-order valence-corrected chi connectivity index (χ4v) is 1.94. The zero-order chi connectivity index (χ0) is 15.5. The van der Waals surface area contributed by atoms with Gasteiger partial charge in [-0.1, -0.05) is 19.9 Å². The summed E-state index contributed by atoms with van der Waals surface area (Å²) in [5.74, 6) is 1.61. The lowest BCUT2D eigenvalue weighted by molar-refractivity contribution is 0.255. The maximum absolute atomic E-state index is 8.75. The summed E-state index contributed by atoms with van der Waals surface area (Å²) in [5, 5.41) is 12.1. The van der Waals surface area contributed by atoms with Gasteiger partial charge in [-0.25, -0.2) is 0 Å². The van der Waals surface area contributed by atoms with Crippen LogP contribution in [0, 0.1) is 0 Å². The van der Waals surface area contributed by atoms with Gasteiger partial charge in [0.15, 0.2) is 11.5 Å². The van der Waals surface area contributed by atoms with Gasteiger partial charge < -0.3 is 19.9 Å². The van der Waals surface area contributed by atoms with Crippen LogP contribution in [0.25, 0.3) is 0 Å². The van der Waals surface area contributed by atoms with Gasteiger partial charge in [0.25, 0.3) is 0 Å². The molecule has 0 heterocycles. The fourth-order valence-electron chi connectivity index (χ4n) is 1.94. The first-order chi connectivity index (χ1) is 10.2. The van der Waals surface area contributed by atoms with Gasteiger partial charge in [0.1, 0.15) is 0 Å². The zero-order valence-electron chi connectivity index (χ0n) is 13.5. The van der Waals surface area contributed by atoms with Crippen LogP contribution in [0.2, 0.25) is 0 Å². The Bertz CT molecular complexity index is 394. The summed E-state index contributed by atoms with van der Waals surface area (Å²) in [4.78, 5) is 0. The maximum Gasteiger partial charge on any atom is 0.161 e. The largest absolute Gasteiger partial charge is 0.490 e. The Kier molecular flexibility index (Phi) is 8.87. The second kappa shape index (κ2) is 10.5. The molecule has 1 rings (SSSR count). The van der Waals surface area contributed by atoms with Crippen LogP contribution in [-0.2, 0) is 6.54 Å². The summed E-state index contributed by atoms with van der Waals surface area (Å²) in [6, 6.07) is 6.56. The van der Waals surface area contributed by atoms with E-state index >= 15 is 0 Å². The lowest BCUT2D eigenvalue weighted by atomic mass is 10.2. The molecule has 4 heteroatoms. The molecule has 0 fully saturated rings. The molecule has 0 unspecified atom stereocenters. The van der Waals surface area contributed by atoms with Crippen molar-refractivity contribution in [3.63, 3.8) is 0 Å². The van der Waals surface area contributed by atoms with Gasteiger partial charge in [0.2, 0.25) is 0 Å². The molecule has 0 saturated heterocycles. The number of hydrogen-bond acceptors (Lipinski definition) is 4. The van der Waals surface area contributed by atoms with Gasteiger partial charge in [-0.3, -0.25) is 0 Å². The van der Waals surface area contributed by atoms with Crippen molar-refractivity contribution in [3.8, 4) is 11.5 Å². The van der Waals surface area contributed by atoms with Crippen LogP contribution in [0.1, 0.15) is 45.6 Å². The van der Waals surface area contributed by atoms with E-state index < -0.39 is 0 Å². The van der Waals surface area contributed by atoms with Gasteiger partial charge in [0, 0.05) is 19.2 Å². The normalized spacial score (nSPS) is 10.9. The quantitative estimate of drug-likeness (QED) is 0.616. The zero-order valence-corrected chi connectivity index (χ0v) is 13.5. The Balaban J connectivity index is 2.56. The molecule has 4 nitrogen and oxygen atoms in total. The molecule has 0 aliphatic carbocycles. The first-order valence-corrected chi connectivity index (χ1v) is 7.90. The van der Waals surface area contributed by atoms with Crippen molar-refractivity contribution in [1.82, 2.24) is 5.32 Å². The van der Waals surface area contributed by atoms with Gasteiger partial charge >= 0.3 is 0 Å². The number of unbranched alkanes of at least 4 members (excludes halogenated alkanes) is 2. The molecule has 0 aromatic heterocycles. The van der Waals surface area contributed by atoms with E-state index in [-0.39, 0.29) is 6.61 Å². The molecule has 1 aromatic rings. The molecular formula is C17H29NO3. The molecule has 0 radical (unpaired) electrons. The average molecular weight is 295 g/mol. The fraction of sp³-hybridized carbons (Fsp3) is 0.647. The Labute approximate surface area is 128 Å². The highest BCUT2D eigenvalue weighted by Gasteiger charge is 2.07. The molecule has 120 valence electrons. The van der Waals surface area contributed by atoms with Crippen LogP contribution in [0.15, 0.2) is 18.2 Å². The van der Waals surface area contributed by atoms with E-state index in [0.29, 0.717) is 19.3 Å². The number of hydrogen-bond donors (Lipinski definition) is 2. The molecule has 0 atom stereocenters. The van der Waals surface area contributed by atoms with Crippen molar-refractivity contribution in [2.75, 3.05) is 19.8 Å². The van der Waals surface area contributed by atoms with E-state index in [0.717, 1.165) is 37.3 Å². The van der Waals surface area contributed by atoms with Crippen molar-refractivity contribution in [2.24, 2.45) is 0 Å². The van der Waals surface area contributed by atoms with Crippen molar-refractivity contribution in [2.45, 2.75) is 52.6 Å². The molecule has 0 aliphatic rings. The van der Waals surface area contributed by atoms with Crippen LogP contribution in [-0.4, -0.2) is 31.0 Å². The summed E-state index contributed by atoms with van der Waals surface area (Å²) in [7, 11) is 0. The Morgan fingerprint density at radius 3 is 2.57 bits per heavy atom. The third kappa shape index (κ3) is 7.34. The number of nitrogens with one attached hydrogen (secondary N) is 1. The molecule has 0 aliphatic heterocycles. The molecular weight excluding hydrogens is 266 g/mol. The van der Waals surface area contributed by atoms with Gasteiger partial charge in [-0.05, 0) is 43.9 Å². The SMILES string of the molecule is CCOc1cc(CNC(C)C)ccc1OCCCCCO. The first-order valence-electron chi connectivity index (χ1n) is 7.90. The summed E-state index contributed by atoms with van der Waals surface area (Å²) < 4.78 is 11.5. The van der Waals surface area contributed by atoms with Crippen LogP contribution in [0.3, 0.4) is 0 Å². The van der Waals surface area contributed by atoms with E-state index in [1.165, 1.54) is 5.56 Å². The van der Waals surface area contributed by atoms with Crippen molar-refractivity contribution in [3.05, 3.63) is 23.8 Å². The number of rotatable bonds is 11. The highest BCUT2D eigenvalue weighted by atomic mass is 16.5. The molecule has 2 N–H and O–H groups in total. The minimum absolute atomic E-state index is 0.252. The monoisotopic (exact) mass is 295 g/mol. The predicted octanol–water partition coefficient (Wildman–Crippen LogP) is 3.12. The van der Waals surface area contributed by atoms with Gasteiger partial charge in [0.05, 0.1) is 13.2 Å². The lowest BCUT2D eigenvalue weighted by Crippen LogP contribution is -2.21. The smallest absolute Gasteiger partial charge is 0.161 e. The highest BCUT2D eigenvalue weighted by molar-refractivity contribution is 5.43. The van der Waals surface area contributed by atoms with Gasteiger partial charge in [-0.2, -0.15) is 0 Å². The number of aliphatic hydroxyl groups excluding tert-OH is 1. The summed E-state index contributed by atoms with van der Waals surface area (Å²) in [6.45, 7) is 8.60. The standard InChI is InChI=1S/C17H29NO3/c1-4-20-17-12-15(13-18-14(2)3)8-9-16(17)21-11-7-5-6-10-19/h8-9,12,14,18-19H,4-7,10-11,13H2,1-3H3. The summed E-state index contributed by atoms with van der Waals surface area (Å²) >= 11 is 0. The predicted molar refractivity (Wildman–Crippen MR) is 86.0 cm³/mol. The van der Waals surface area contributed by atoms with Crippen LogP contribution in [0.4, 0.5) is 0 Å². The van der Waals surface area contributed by atoms with E-state index in [1.807, 2.05) is 19.1 Å². The molecule has 0 spiro atoms. The van der Waals surface area contributed by atoms with Crippen molar-refractivity contribution >= 4 is 0 Å². The third-order valence-corrected chi connectivity index (χ3v) is 3.08. The number of benzene rings is 1. The molecule has 0 saturated carbocycles. The van der Waals surface area contributed by atoms with Crippen molar-refractivity contribution in [1.29, 1.82) is 0 Å². The first kappa shape index (κ1) is 17.8. The summed E-state index contributed by atoms with van der Waals surface area (Å²) in [5.41, 5.74) is 1.19. The second-order valence-corrected chi connectivity index (χ2v) is 5.38. The van der Waals surface area contributed by atoms with E-state index in [1.54, 1.807) is 0 Å². The van der Waals surface area contributed by atoms with Crippen LogP contribution in [0.5, 0.6) is 11.5 Å². The second-order valence-electron chi connectivity index (χ2n) is 5.38. The van der Waals surface area contributed by atoms with E-state index in [2.05, 4.69) is 25.2 Å². The van der Waals surface area contributed by atoms with Crippen LogP contribution < -0.4 is 14.8 Å². The Hall–Kier alpha value is -1.26. The summed E-state index contributed by atoms with van der Waals surface area (Å²) in [6.07, 6.45) is 2.77. The Morgan fingerprint density at radius 2 is 1.90 bits per heavy atom. The number of ether oxygens (including phenoxy) is 2. The molecule has 0 bridgehead atoms. The third-order valence-electron chi connectivity index (χ3n) is 3.08. The van der Waals surface area contributed by atoms with Gasteiger partial charge in [-0.15, -0.1) is 0 Å². The molecule has 0 amide bonds. The number of aliphatic hydroxyl groups is 1. The van der Waals surface area contributed by atoms with Crippen LogP contribution >= 0.6 is 0 Å². The van der Waals surface area contributed by atoms with E-state index in [9.17, 15) is 0 Å². The Morgan fingerprint density at radius 1 is 1.10 bits per heavy atom. The topological polar surface area (TPSA) is 50.7 Å². The minimum Gasteiger partial charge on any atom is -0.490 e. The molecule has 1 aromatic carbocycles. The van der Waals surface area contributed by atoms with Crippen molar-refractivity contribution < 1.29 is 14.6 Å². The minimum atomic E-state index is 0.252. The molecule has 21 heavy (non-hydrogen) atoms. The lowest BCUT2D eigenvalue weighted by Gasteiger charge is -2.14.